The number of para-hydroxylation sites is 1. The molecule has 3 aromatic heterocycles. The van der Waals surface area contributed by atoms with Crippen LogP contribution in [0.3, 0.4) is 0 Å². The van der Waals surface area contributed by atoms with Crippen LogP contribution in [-0.4, -0.2) is 30.1 Å². The molecule has 290 valence electrons. The summed E-state index contributed by atoms with van der Waals surface area (Å²) in [7, 11) is 0. The number of rotatable bonds is 12. The van der Waals surface area contributed by atoms with Gasteiger partial charge in [-0.3, -0.25) is 15.0 Å². The Balaban J connectivity index is 1.29. The topological polar surface area (TPSA) is 66.4 Å². The van der Waals surface area contributed by atoms with E-state index >= 15 is 0 Å². The van der Waals surface area contributed by atoms with Crippen LogP contribution >= 0.6 is 0 Å². The lowest BCUT2D eigenvalue weighted by molar-refractivity contribution is 0.311. The molecule has 8 rings (SSSR count). The molecule has 5 aromatic carbocycles. The highest BCUT2D eigenvalue weighted by Crippen LogP contribution is 2.44. The van der Waals surface area contributed by atoms with Gasteiger partial charge in [0.2, 0.25) is 0 Å². The maximum absolute atomic E-state index is 7.05. The van der Waals surface area contributed by atoms with Crippen molar-refractivity contribution in [2.24, 2.45) is 0 Å². The molecule has 0 saturated heterocycles. The number of benzene rings is 5. The summed E-state index contributed by atoms with van der Waals surface area (Å²) < 4.78 is 21.0. The van der Waals surface area contributed by atoms with Crippen LogP contribution in [0.5, 0.6) is 17.2 Å². The zero-order valence-corrected chi connectivity index (χ0v) is 35.9. The van der Waals surface area contributed by atoms with Gasteiger partial charge in [-0.1, -0.05) is 94.4 Å². The number of hydrogen-bond acceptors (Lipinski definition) is 6. The lowest BCUT2D eigenvalue weighted by Crippen LogP contribution is -2.37. The molecule has 3 heterocycles. The van der Waals surface area contributed by atoms with Crippen molar-refractivity contribution >= 4 is 47.9 Å². The molecular formula is C51H50AlN3O3. The average molecular weight is 780 g/mol. The summed E-state index contributed by atoms with van der Waals surface area (Å²) in [5.74, 6) is 2.63. The maximum Gasteiger partial charge on any atom is 1.20 e. The van der Waals surface area contributed by atoms with Gasteiger partial charge in [-0.15, -0.1) is 0 Å². The van der Waals surface area contributed by atoms with E-state index in [1.165, 1.54) is 44.5 Å². The fourth-order valence-corrected chi connectivity index (χ4v) is 9.74. The second kappa shape index (κ2) is 16.6. The van der Waals surface area contributed by atoms with Gasteiger partial charge in [-0.25, -0.2) is 0 Å². The molecule has 0 aliphatic carbocycles. The number of aromatic nitrogens is 3. The standard InChI is InChI=1S/2C21H23NO.C9H7NO.Al/c2*1-5-13(2)16-9-6-8-14(3)19(16)20-15(4)12-18(23)21-17(20)10-7-11-22-21;11-8-5-1-3-7-4-2-6-10-9(7)8;/h2*6-13,23H,5H2,1-4H3;1-6,11H;/q;;;+3/p-3. The minimum absolute atomic E-state index is 0.399. The molecule has 2 unspecified atom stereocenters. The van der Waals surface area contributed by atoms with Gasteiger partial charge < -0.3 is 11.4 Å². The van der Waals surface area contributed by atoms with E-state index in [1.54, 1.807) is 6.20 Å². The molecular weight excluding hydrogens is 730 g/mol. The molecule has 0 bridgehead atoms. The first-order valence-corrected chi connectivity index (χ1v) is 21.9. The van der Waals surface area contributed by atoms with Crippen molar-refractivity contribution < 1.29 is 11.4 Å². The van der Waals surface area contributed by atoms with Crippen LogP contribution in [0.25, 0.3) is 55.0 Å². The van der Waals surface area contributed by atoms with Gasteiger partial charge in [0.25, 0.3) is 0 Å². The summed E-state index contributed by atoms with van der Waals surface area (Å²) in [6.07, 6.45) is 7.53. The normalized spacial score (nSPS) is 12.5. The fraction of sp³-hybridized carbons (Fsp3) is 0.235. The van der Waals surface area contributed by atoms with E-state index in [4.69, 9.17) is 26.3 Å². The highest BCUT2D eigenvalue weighted by molar-refractivity contribution is 6.40. The monoisotopic (exact) mass is 779 g/mol. The molecule has 2 atom stereocenters. The van der Waals surface area contributed by atoms with E-state index in [0.29, 0.717) is 29.1 Å². The summed E-state index contributed by atoms with van der Waals surface area (Å²) in [5.41, 5.74) is 14.5. The maximum atomic E-state index is 7.05. The Labute approximate surface area is 347 Å². The van der Waals surface area contributed by atoms with E-state index in [2.05, 4.69) is 116 Å². The molecule has 58 heavy (non-hydrogen) atoms. The Morgan fingerprint density at radius 1 is 0.466 bits per heavy atom. The van der Waals surface area contributed by atoms with Crippen molar-refractivity contribution in [1.29, 1.82) is 0 Å². The molecule has 0 N–H and O–H groups in total. The Hall–Kier alpha value is -5.74. The predicted molar refractivity (Wildman–Crippen MR) is 240 cm³/mol. The third-order valence-corrected chi connectivity index (χ3v) is 13.1. The molecule has 0 saturated carbocycles. The quantitative estimate of drug-likeness (QED) is 0.115. The number of fused-ring (bicyclic) bond motifs is 3. The number of aryl methyl sites for hydroxylation is 4. The Bertz CT molecular complexity index is 2650. The predicted octanol–water partition coefficient (Wildman–Crippen LogP) is 13.4. The van der Waals surface area contributed by atoms with E-state index in [9.17, 15) is 0 Å². The molecule has 8 aromatic rings. The molecule has 0 fully saturated rings. The van der Waals surface area contributed by atoms with E-state index in [1.807, 2.05) is 54.9 Å². The highest BCUT2D eigenvalue weighted by atomic mass is 27.3. The van der Waals surface area contributed by atoms with Crippen LogP contribution in [0.1, 0.15) is 85.8 Å². The largest absolute Gasteiger partial charge is 1.20 e. The van der Waals surface area contributed by atoms with Crippen molar-refractivity contribution in [2.75, 3.05) is 0 Å². The van der Waals surface area contributed by atoms with Gasteiger partial charge in [-0.05, 0) is 144 Å². The van der Waals surface area contributed by atoms with Gasteiger partial charge in [-0.2, -0.15) is 0 Å². The summed E-state index contributed by atoms with van der Waals surface area (Å²) in [6.45, 7) is 17.8. The van der Waals surface area contributed by atoms with Gasteiger partial charge in [0, 0.05) is 34.7 Å². The van der Waals surface area contributed by atoms with Gasteiger partial charge in [0.05, 0.1) is 0 Å². The second-order valence-corrected chi connectivity index (χ2v) is 16.9. The number of hydrogen-bond donors (Lipinski definition) is 0. The van der Waals surface area contributed by atoms with Gasteiger partial charge in [0.1, 0.15) is 33.8 Å². The van der Waals surface area contributed by atoms with Crippen LogP contribution in [0.2, 0.25) is 0 Å². The Morgan fingerprint density at radius 3 is 1.40 bits per heavy atom. The van der Waals surface area contributed by atoms with Crippen LogP contribution in [0.15, 0.2) is 122 Å². The van der Waals surface area contributed by atoms with Crippen molar-refractivity contribution in [3.05, 3.63) is 155 Å². The van der Waals surface area contributed by atoms with Crippen LogP contribution in [0.4, 0.5) is 0 Å². The van der Waals surface area contributed by atoms with E-state index in [-0.39, 0.29) is 0 Å². The summed E-state index contributed by atoms with van der Waals surface area (Å²) in [6, 6.07) is 35.7. The summed E-state index contributed by atoms with van der Waals surface area (Å²) in [5, 5.41) is 3.02. The molecule has 0 radical (unpaired) electrons. The Morgan fingerprint density at radius 2 is 0.897 bits per heavy atom. The van der Waals surface area contributed by atoms with Crippen molar-refractivity contribution in [3.63, 3.8) is 0 Å². The molecule has 7 heteroatoms. The zero-order chi connectivity index (χ0) is 40.5. The van der Waals surface area contributed by atoms with Crippen LogP contribution in [0, 0.1) is 27.7 Å². The first-order valence-electron chi connectivity index (χ1n) is 20.5. The summed E-state index contributed by atoms with van der Waals surface area (Å²) >= 11 is -3.16. The smallest absolute Gasteiger partial charge is 0.576 e. The lowest BCUT2D eigenvalue weighted by Gasteiger charge is -2.24. The van der Waals surface area contributed by atoms with Gasteiger partial charge in [0.15, 0.2) is 0 Å². The zero-order valence-electron chi connectivity index (χ0n) is 34.8. The summed E-state index contributed by atoms with van der Waals surface area (Å²) in [4.78, 5) is 14.6. The highest BCUT2D eigenvalue weighted by Gasteiger charge is 2.46. The lowest BCUT2D eigenvalue weighted by atomic mass is 9.84. The first kappa shape index (κ1) is 39.1. The molecule has 0 aliphatic heterocycles. The molecule has 0 aliphatic rings. The van der Waals surface area contributed by atoms with E-state index in [0.717, 1.165) is 56.7 Å². The molecule has 6 nitrogen and oxygen atoms in total. The van der Waals surface area contributed by atoms with Crippen molar-refractivity contribution in [3.8, 4) is 39.5 Å². The van der Waals surface area contributed by atoms with Crippen molar-refractivity contribution in [1.82, 2.24) is 15.0 Å². The number of pyridine rings is 3. The first-order chi connectivity index (χ1) is 28.2. The van der Waals surface area contributed by atoms with Crippen LogP contribution in [-0.2, 0) is 0 Å². The number of nitrogens with zero attached hydrogens (tertiary/aromatic N) is 3. The van der Waals surface area contributed by atoms with E-state index < -0.39 is 15.1 Å². The van der Waals surface area contributed by atoms with Crippen LogP contribution < -0.4 is 11.4 Å². The average Bonchev–Trinajstić information content (AvgIpc) is 3.24. The third kappa shape index (κ3) is 7.30. The Kier molecular flexibility index (Phi) is 11.2. The molecule has 0 spiro atoms. The minimum atomic E-state index is -3.16. The second-order valence-electron chi connectivity index (χ2n) is 15.6. The fourth-order valence-electron chi connectivity index (χ4n) is 8.43. The SMILES string of the molecule is CCC(C)c1cccc(C)c1-c1c(C)cc([O][Al]([O]c2cccc3cccnc23)[O]c2cc(C)c(-c3c(C)cccc3C(C)CC)c3cccnc23)c2ncccc12. The molecule has 0 amide bonds. The van der Waals surface area contributed by atoms with Crippen molar-refractivity contribution in [2.45, 2.75) is 80.1 Å². The third-order valence-electron chi connectivity index (χ3n) is 11.8. The minimum Gasteiger partial charge on any atom is -0.576 e. The van der Waals surface area contributed by atoms with Gasteiger partial charge >= 0.3 is 15.1 Å².